The summed E-state index contributed by atoms with van der Waals surface area (Å²) in [5.41, 5.74) is 2.60. The minimum Gasteiger partial charge on any atom is -0.491 e. The zero-order valence-electron chi connectivity index (χ0n) is 14.0. The van der Waals surface area contributed by atoms with E-state index in [2.05, 4.69) is 0 Å². The molecular weight excluding hydrogens is 375 g/mol. The van der Waals surface area contributed by atoms with Gasteiger partial charge < -0.3 is 18.9 Å². The Kier molecular flexibility index (Phi) is 5.36. The van der Waals surface area contributed by atoms with Crippen LogP contribution >= 0.6 is 23.2 Å². The van der Waals surface area contributed by atoms with Crippen LogP contribution in [0.4, 0.5) is 0 Å². The molecule has 0 radical (unpaired) electrons. The fraction of sp³-hybridized carbons (Fsp3) is 0.300. The van der Waals surface area contributed by atoms with E-state index in [1.165, 1.54) is 0 Å². The van der Waals surface area contributed by atoms with Gasteiger partial charge in [0.2, 0.25) is 0 Å². The molecule has 2 aliphatic rings. The van der Waals surface area contributed by atoms with Gasteiger partial charge in [-0.3, -0.25) is 0 Å². The Morgan fingerprint density at radius 2 is 1.15 bits per heavy atom. The number of epoxide rings is 2. The number of benzene rings is 2. The summed E-state index contributed by atoms with van der Waals surface area (Å²) in [6.45, 7) is 2.71. The molecule has 26 heavy (non-hydrogen) atoms. The van der Waals surface area contributed by atoms with E-state index in [9.17, 15) is 0 Å². The van der Waals surface area contributed by atoms with E-state index in [1.807, 2.05) is 48.5 Å². The first-order valence-electron chi connectivity index (χ1n) is 8.44. The average molecular weight is 393 g/mol. The van der Waals surface area contributed by atoms with Crippen LogP contribution in [-0.4, -0.2) is 38.6 Å². The third-order valence-corrected chi connectivity index (χ3v) is 4.53. The van der Waals surface area contributed by atoms with Crippen molar-refractivity contribution in [3.63, 3.8) is 0 Å². The summed E-state index contributed by atoms with van der Waals surface area (Å²) in [7, 11) is 0. The van der Waals surface area contributed by atoms with Gasteiger partial charge in [0.15, 0.2) is 0 Å². The van der Waals surface area contributed by atoms with Crippen LogP contribution in [0, 0.1) is 0 Å². The van der Waals surface area contributed by atoms with Crippen LogP contribution < -0.4 is 9.47 Å². The highest BCUT2D eigenvalue weighted by Crippen LogP contribution is 2.33. The zero-order valence-corrected chi connectivity index (χ0v) is 15.5. The zero-order chi connectivity index (χ0) is 17.9. The van der Waals surface area contributed by atoms with E-state index in [4.69, 9.17) is 42.1 Å². The molecule has 6 heteroatoms. The Balaban J connectivity index is 1.46. The van der Waals surface area contributed by atoms with Crippen molar-refractivity contribution in [2.24, 2.45) is 0 Å². The second kappa shape index (κ2) is 7.89. The van der Waals surface area contributed by atoms with Gasteiger partial charge in [-0.2, -0.15) is 0 Å². The first-order valence-corrected chi connectivity index (χ1v) is 9.19. The monoisotopic (exact) mass is 392 g/mol. The Hall–Kier alpha value is -1.72. The second-order valence-corrected chi connectivity index (χ2v) is 7.17. The van der Waals surface area contributed by atoms with Gasteiger partial charge in [0.1, 0.15) is 41.4 Å². The van der Waals surface area contributed by atoms with Crippen molar-refractivity contribution in [2.75, 3.05) is 26.4 Å². The van der Waals surface area contributed by atoms with Crippen molar-refractivity contribution < 1.29 is 18.9 Å². The standard InChI is InChI=1S/C20H18Cl2O4/c21-20(22)19(13-1-5-15(6-2-13)23-9-17-11-25-17)14-3-7-16(8-4-14)24-10-18-12-26-18/h1-8,17-18H,9-12H2. The third kappa shape index (κ3) is 4.71. The number of hydrogen-bond acceptors (Lipinski definition) is 4. The second-order valence-electron chi connectivity index (χ2n) is 6.22. The molecular formula is C20H18Cl2O4. The molecule has 2 saturated heterocycles. The molecule has 0 aromatic heterocycles. The van der Waals surface area contributed by atoms with E-state index in [0.717, 1.165) is 41.4 Å². The first-order chi connectivity index (χ1) is 12.7. The molecule has 0 spiro atoms. The van der Waals surface area contributed by atoms with Gasteiger partial charge in [-0.15, -0.1) is 0 Å². The molecule has 2 fully saturated rings. The van der Waals surface area contributed by atoms with Crippen molar-refractivity contribution in [3.05, 3.63) is 64.1 Å². The molecule has 136 valence electrons. The molecule has 2 aromatic rings. The van der Waals surface area contributed by atoms with Crippen molar-refractivity contribution >= 4 is 28.8 Å². The number of hydrogen-bond donors (Lipinski definition) is 0. The summed E-state index contributed by atoms with van der Waals surface area (Å²) in [4.78, 5) is 0. The predicted octanol–water partition coefficient (Wildman–Crippen LogP) is 4.44. The molecule has 0 amide bonds. The molecule has 2 aromatic carbocycles. The van der Waals surface area contributed by atoms with Gasteiger partial charge in [-0.05, 0) is 35.4 Å². The highest BCUT2D eigenvalue weighted by Gasteiger charge is 2.23. The Morgan fingerprint density at radius 1 is 0.769 bits per heavy atom. The highest BCUT2D eigenvalue weighted by atomic mass is 35.5. The van der Waals surface area contributed by atoms with Crippen LogP contribution in [0.5, 0.6) is 11.5 Å². The predicted molar refractivity (Wildman–Crippen MR) is 101 cm³/mol. The smallest absolute Gasteiger partial charge is 0.119 e. The molecule has 0 saturated carbocycles. The third-order valence-electron chi connectivity index (χ3n) is 4.15. The van der Waals surface area contributed by atoms with Gasteiger partial charge in [-0.1, -0.05) is 47.5 Å². The molecule has 2 aliphatic heterocycles. The number of ether oxygens (including phenoxy) is 4. The molecule has 2 unspecified atom stereocenters. The van der Waals surface area contributed by atoms with Crippen molar-refractivity contribution in [3.8, 4) is 11.5 Å². The lowest BCUT2D eigenvalue weighted by atomic mass is 9.99. The largest absolute Gasteiger partial charge is 0.491 e. The fourth-order valence-electron chi connectivity index (χ4n) is 2.53. The van der Waals surface area contributed by atoms with E-state index in [0.29, 0.717) is 13.2 Å². The van der Waals surface area contributed by atoms with E-state index < -0.39 is 0 Å². The van der Waals surface area contributed by atoms with Crippen molar-refractivity contribution in [1.29, 1.82) is 0 Å². The maximum Gasteiger partial charge on any atom is 0.119 e. The molecule has 2 heterocycles. The summed E-state index contributed by atoms with van der Waals surface area (Å²) in [5.74, 6) is 1.58. The highest BCUT2D eigenvalue weighted by molar-refractivity contribution is 6.59. The lowest BCUT2D eigenvalue weighted by Gasteiger charge is -2.11. The fourth-order valence-corrected chi connectivity index (χ4v) is 2.96. The molecule has 0 bridgehead atoms. The molecule has 4 rings (SSSR count). The quantitative estimate of drug-likeness (QED) is 0.623. The van der Waals surface area contributed by atoms with Crippen molar-refractivity contribution in [1.82, 2.24) is 0 Å². The Bertz CT molecular complexity index is 713. The normalized spacial score (nSPS) is 20.4. The van der Waals surface area contributed by atoms with Crippen LogP contribution in [0.15, 0.2) is 53.0 Å². The van der Waals surface area contributed by atoms with Gasteiger partial charge >= 0.3 is 0 Å². The van der Waals surface area contributed by atoms with Crippen LogP contribution in [0.25, 0.3) is 5.57 Å². The SMILES string of the molecule is ClC(Cl)=C(c1ccc(OCC2CO2)cc1)c1ccc(OCC2CO2)cc1. The van der Waals surface area contributed by atoms with Crippen molar-refractivity contribution in [2.45, 2.75) is 12.2 Å². The number of rotatable bonds is 8. The summed E-state index contributed by atoms with van der Waals surface area (Å²) in [6.07, 6.45) is 0.462. The Labute approximate surface area is 162 Å². The summed E-state index contributed by atoms with van der Waals surface area (Å²) < 4.78 is 21.8. The van der Waals surface area contributed by atoms with Crippen LogP contribution in [0.2, 0.25) is 0 Å². The van der Waals surface area contributed by atoms with E-state index in [-0.39, 0.29) is 16.7 Å². The van der Waals surface area contributed by atoms with Gasteiger partial charge in [0, 0.05) is 5.57 Å². The van der Waals surface area contributed by atoms with Crippen LogP contribution in [0.3, 0.4) is 0 Å². The summed E-state index contributed by atoms with van der Waals surface area (Å²) in [5, 5.41) is 0. The van der Waals surface area contributed by atoms with Gasteiger partial charge in [0.05, 0.1) is 13.2 Å². The van der Waals surface area contributed by atoms with Gasteiger partial charge in [0.25, 0.3) is 0 Å². The van der Waals surface area contributed by atoms with Crippen LogP contribution in [-0.2, 0) is 9.47 Å². The molecule has 4 nitrogen and oxygen atoms in total. The minimum absolute atomic E-state index is 0.213. The van der Waals surface area contributed by atoms with E-state index >= 15 is 0 Å². The summed E-state index contributed by atoms with van der Waals surface area (Å²) in [6, 6.07) is 15.4. The maximum absolute atomic E-state index is 6.16. The van der Waals surface area contributed by atoms with E-state index in [1.54, 1.807) is 0 Å². The van der Waals surface area contributed by atoms with Crippen LogP contribution in [0.1, 0.15) is 11.1 Å². The average Bonchev–Trinajstić information content (AvgIpc) is 3.55. The Morgan fingerprint density at radius 3 is 1.46 bits per heavy atom. The summed E-state index contributed by atoms with van der Waals surface area (Å²) >= 11 is 12.3. The topological polar surface area (TPSA) is 43.5 Å². The minimum atomic E-state index is 0.213. The molecule has 0 aliphatic carbocycles. The molecule has 0 N–H and O–H groups in total. The number of halogens is 2. The van der Waals surface area contributed by atoms with Gasteiger partial charge in [-0.25, -0.2) is 0 Å². The molecule has 2 atom stereocenters. The lowest BCUT2D eigenvalue weighted by molar-refractivity contribution is 0.263. The lowest BCUT2D eigenvalue weighted by Crippen LogP contribution is -2.04. The first kappa shape index (κ1) is 17.7. The maximum atomic E-state index is 6.16.